The van der Waals surface area contributed by atoms with Gasteiger partial charge < -0.3 is 15.4 Å². The second kappa shape index (κ2) is 6.40. The number of anilines is 1. The third-order valence-electron chi connectivity index (χ3n) is 3.63. The van der Waals surface area contributed by atoms with Crippen LogP contribution < -0.4 is 10.6 Å². The molecule has 0 aromatic heterocycles. The first kappa shape index (κ1) is 14.4. The number of benzene rings is 1. The maximum Gasteiger partial charge on any atom is 0.0750 e. The molecule has 2 N–H and O–H groups in total. The van der Waals surface area contributed by atoms with Gasteiger partial charge in [-0.05, 0) is 45.2 Å². The summed E-state index contributed by atoms with van der Waals surface area (Å²) in [5.41, 5.74) is 2.54. The zero-order valence-corrected chi connectivity index (χ0v) is 12.3. The molecule has 0 spiro atoms. The van der Waals surface area contributed by atoms with Gasteiger partial charge in [0, 0.05) is 31.4 Å². The fourth-order valence-electron chi connectivity index (χ4n) is 2.67. The second-order valence-electron chi connectivity index (χ2n) is 5.78. The van der Waals surface area contributed by atoms with Crippen molar-refractivity contribution in [1.29, 1.82) is 0 Å². The average Bonchev–Trinajstić information content (AvgIpc) is 2.58. The molecule has 2 rings (SSSR count). The number of nitrogens with one attached hydrogen (secondary N) is 2. The summed E-state index contributed by atoms with van der Waals surface area (Å²) in [5.74, 6) is 0. The molecule has 0 fully saturated rings. The molecule has 3 heteroatoms. The molecule has 1 aromatic carbocycles. The number of para-hydroxylation sites is 1. The number of ether oxygens (including phenoxy) is 1. The molecule has 0 saturated carbocycles. The van der Waals surface area contributed by atoms with Gasteiger partial charge in [0.25, 0.3) is 0 Å². The summed E-state index contributed by atoms with van der Waals surface area (Å²) < 4.78 is 5.76. The Morgan fingerprint density at radius 1 is 1.37 bits per heavy atom. The molecule has 1 atom stereocenters. The standard InChI is InChI=1S/C16H26N2O/c1-4-19-16(2,3)12-18-15-10-7-11-17-14-9-6-5-8-13(14)15/h5-6,8-9,15,17-18H,4,7,10-12H2,1-3H3. The average molecular weight is 262 g/mol. The summed E-state index contributed by atoms with van der Waals surface area (Å²) in [6.07, 6.45) is 2.37. The number of hydrogen-bond acceptors (Lipinski definition) is 3. The molecule has 1 aromatic rings. The van der Waals surface area contributed by atoms with Crippen LogP contribution in [0.25, 0.3) is 0 Å². The molecule has 0 amide bonds. The van der Waals surface area contributed by atoms with E-state index in [0.717, 1.165) is 19.7 Å². The zero-order valence-electron chi connectivity index (χ0n) is 12.3. The molecular formula is C16H26N2O. The summed E-state index contributed by atoms with van der Waals surface area (Å²) in [6, 6.07) is 9.03. The van der Waals surface area contributed by atoms with Gasteiger partial charge in [0.1, 0.15) is 0 Å². The molecule has 0 radical (unpaired) electrons. The zero-order chi connectivity index (χ0) is 13.7. The van der Waals surface area contributed by atoms with Crippen molar-refractivity contribution in [1.82, 2.24) is 5.32 Å². The van der Waals surface area contributed by atoms with E-state index in [0.29, 0.717) is 6.04 Å². The predicted molar refractivity (Wildman–Crippen MR) is 80.6 cm³/mol. The van der Waals surface area contributed by atoms with Crippen molar-refractivity contribution in [3.63, 3.8) is 0 Å². The van der Waals surface area contributed by atoms with Gasteiger partial charge in [0.2, 0.25) is 0 Å². The van der Waals surface area contributed by atoms with Crippen LogP contribution in [0.2, 0.25) is 0 Å². The minimum atomic E-state index is -0.108. The monoisotopic (exact) mass is 262 g/mol. The minimum Gasteiger partial charge on any atom is -0.385 e. The lowest BCUT2D eigenvalue weighted by molar-refractivity contribution is -0.0108. The first-order valence-electron chi connectivity index (χ1n) is 7.32. The maximum absolute atomic E-state index is 5.76. The lowest BCUT2D eigenvalue weighted by Gasteiger charge is -2.28. The molecular weight excluding hydrogens is 236 g/mol. The van der Waals surface area contributed by atoms with Crippen LogP contribution in [0.15, 0.2) is 24.3 Å². The molecule has 106 valence electrons. The highest BCUT2D eigenvalue weighted by molar-refractivity contribution is 5.53. The Kier molecular flexibility index (Phi) is 4.83. The summed E-state index contributed by atoms with van der Waals surface area (Å²) in [6.45, 7) is 9.03. The van der Waals surface area contributed by atoms with E-state index >= 15 is 0 Å². The molecule has 0 aliphatic carbocycles. The Hall–Kier alpha value is -1.06. The summed E-state index contributed by atoms with van der Waals surface area (Å²) in [4.78, 5) is 0. The third-order valence-corrected chi connectivity index (χ3v) is 3.63. The van der Waals surface area contributed by atoms with Crippen LogP contribution in [0, 0.1) is 0 Å². The smallest absolute Gasteiger partial charge is 0.0750 e. The van der Waals surface area contributed by atoms with E-state index in [1.54, 1.807) is 0 Å². The number of rotatable bonds is 5. The Morgan fingerprint density at radius 3 is 2.95 bits per heavy atom. The second-order valence-corrected chi connectivity index (χ2v) is 5.78. The van der Waals surface area contributed by atoms with Crippen LogP contribution in [-0.4, -0.2) is 25.3 Å². The van der Waals surface area contributed by atoms with Crippen molar-refractivity contribution in [2.45, 2.75) is 45.3 Å². The maximum atomic E-state index is 5.76. The predicted octanol–water partition coefficient (Wildman–Crippen LogP) is 3.34. The van der Waals surface area contributed by atoms with Crippen molar-refractivity contribution >= 4 is 5.69 Å². The highest BCUT2D eigenvalue weighted by Crippen LogP contribution is 2.29. The Bertz CT molecular complexity index is 403. The van der Waals surface area contributed by atoms with Crippen LogP contribution in [0.1, 0.15) is 45.2 Å². The van der Waals surface area contributed by atoms with Crippen molar-refractivity contribution in [2.75, 3.05) is 25.0 Å². The highest BCUT2D eigenvalue weighted by Gasteiger charge is 2.22. The molecule has 0 saturated heterocycles. The molecule has 1 aliphatic rings. The first-order chi connectivity index (χ1) is 9.12. The van der Waals surface area contributed by atoms with Gasteiger partial charge in [0.05, 0.1) is 5.60 Å². The van der Waals surface area contributed by atoms with Gasteiger partial charge in [-0.1, -0.05) is 18.2 Å². The van der Waals surface area contributed by atoms with E-state index in [2.05, 4.69) is 48.7 Å². The number of hydrogen-bond donors (Lipinski definition) is 2. The fourth-order valence-corrected chi connectivity index (χ4v) is 2.67. The molecule has 19 heavy (non-hydrogen) atoms. The van der Waals surface area contributed by atoms with Crippen molar-refractivity contribution < 1.29 is 4.74 Å². The van der Waals surface area contributed by atoms with Crippen molar-refractivity contribution in [3.05, 3.63) is 29.8 Å². The van der Waals surface area contributed by atoms with E-state index in [1.807, 2.05) is 6.92 Å². The highest BCUT2D eigenvalue weighted by atomic mass is 16.5. The molecule has 1 unspecified atom stereocenters. The first-order valence-corrected chi connectivity index (χ1v) is 7.32. The number of fused-ring (bicyclic) bond motifs is 1. The topological polar surface area (TPSA) is 33.3 Å². The van der Waals surface area contributed by atoms with E-state index in [1.165, 1.54) is 24.1 Å². The van der Waals surface area contributed by atoms with Crippen LogP contribution in [0.3, 0.4) is 0 Å². The van der Waals surface area contributed by atoms with Gasteiger partial charge in [-0.25, -0.2) is 0 Å². The lowest BCUT2D eigenvalue weighted by Crippen LogP contribution is -2.39. The molecule has 0 bridgehead atoms. The van der Waals surface area contributed by atoms with E-state index in [4.69, 9.17) is 4.74 Å². The van der Waals surface area contributed by atoms with Gasteiger partial charge in [-0.15, -0.1) is 0 Å². The molecule has 1 heterocycles. The Balaban J connectivity index is 2.04. The van der Waals surface area contributed by atoms with Crippen LogP contribution in [-0.2, 0) is 4.74 Å². The minimum absolute atomic E-state index is 0.108. The van der Waals surface area contributed by atoms with E-state index in [9.17, 15) is 0 Å². The summed E-state index contributed by atoms with van der Waals surface area (Å²) >= 11 is 0. The third kappa shape index (κ3) is 3.95. The Labute approximate surface area is 116 Å². The summed E-state index contributed by atoms with van der Waals surface area (Å²) in [5, 5.41) is 7.18. The van der Waals surface area contributed by atoms with Crippen molar-refractivity contribution in [3.8, 4) is 0 Å². The Morgan fingerprint density at radius 2 is 2.16 bits per heavy atom. The lowest BCUT2D eigenvalue weighted by atomic mass is 10.0. The van der Waals surface area contributed by atoms with Gasteiger partial charge >= 0.3 is 0 Å². The summed E-state index contributed by atoms with van der Waals surface area (Å²) in [7, 11) is 0. The quantitative estimate of drug-likeness (QED) is 0.854. The SMILES string of the molecule is CCOC(C)(C)CNC1CCCNc2ccccc21. The fraction of sp³-hybridized carbons (Fsp3) is 0.625. The van der Waals surface area contributed by atoms with Crippen LogP contribution in [0.4, 0.5) is 5.69 Å². The van der Waals surface area contributed by atoms with Gasteiger partial charge in [-0.3, -0.25) is 0 Å². The normalized spacial score (nSPS) is 19.4. The van der Waals surface area contributed by atoms with Crippen LogP contribution in [0.5, 0.6) is 0 Å². The van der Waals surface area contributed by atoms with E-state index in [-0.39, 0.29) is 5.60 Å². The molecule has 1 aliphatic heterocycles. The van der Waals surface area contributed by atoms with Gasteiger partial charge in [0.15, 0.2) is 0 Å². The van der Waals surface area contributed by atoms with Crippen LogP contribution >= 0.6 is 0 Å². The van der Waals surface area contributed by atoms with Crippen molar-refractivity contribution in [2.24, 2.45) is 0 Å². The molecule has 3 nitrogen and oxygen atoms in total. The van der Waals surface area contributed by atoms with E-state index < -0.39 is 0 Å². The van der Waals surface area contributed by atoms with Gasteiger partial charge in [-0.2, -0.15) is 0 Å². The largest absolute Gasteiger partial charge is 0.385 e.